The molecule has 0 radical (unpaired) electrons. The zero-order valence-corrected chi connectivity index (χ0v) is 11.7. The van der Waals surface area contributed by atoms with Crippen LogP contribution in [0.15, 0.2) is 30.3 Å². The summed E-state index contributed by atoms with van der Waals surface area (Å²) in [4.78, 5) is 22.3. The molecule has 0 saturated carbocycles. The number of carboxylic acid groups (broad SMARTS) is 1. The van der Waals surface area contributed by atoms with Gasteiger partial charge in [0.25, 0.3) is 0 Å². The Morgan fingerprint density at radius 3 is 3.00 bits per heavy atom. The summed E-state index contributed by atoms with van der Waals surface area (Å²) in [7, 11) is 0. The molecule has 1 unspecified atom stereocenters. The van der Waals surface area contributed by atoms with E-state index in [0.29, 0.717) is 13.0 Å². The number of ether oxygens (including phenoxy) is 1. The van der Waals surface area contributed by atoms with E-state index in [1.165, 1.54) is 6.08 Å². The third-order valence-electron chi connectivity index (χ3n) is 3.30. The van der Waals surface area contributed by atoms with Gasteiger partial charge in [0, 0.05) is 19.2 Å². The van der Waals surface area contributed by atoms with E-state index in [9.17, 15) is 9.59 Å². The van der Waals surface area contributed by atoms with Crippen molar-refractivity contribution in [1.82, 2.24) is 5.32 Å². The first-order chi connectivity index (χ1) is 10.1. The van der Waals surface area contributed by atoms with Gasteiger partial charge in [0.05, 0.1) is 12.5 Å². The Morgan fingerprint density at radius 2 is 2.29 bits per heavy atom. The van der Waals surface area contributed by atoms with Crippen LogP contribution in [-0.2, 0) is 20.9 Å². The van der Waals surface area contributed by atoms with Crippen molar-refractivity contribution in [2.24, 2.45) is 0 Å². The van der Waals surface area contributed by atoms with Crippen molar-refractivity contribution in [2.45, 2.75) is 31.9 Å². The number of hydrogen-bond acceptors (Lipinski definition) is 3. The van der Waals surface area contributed by atoms with Crippen LogP contribution in [0.5, 0.6) is 0 Å². The monoisotopic (exact) mass is 289 g/mol. The van der Waals surface area contributed by atoms with Crippen LogP contribution in [0.4, 0.5) is 0 Å². The average molecular weight is 289 g/mol. The minimum Gasteiger partial charge on any atom is -0.478 e. The number of hydrogen-bond donors (Lipinski definition) is 2. The number of rotatable bonds is 6. The summed E-state index contributed by atoms with van der Waals surface area (Å²) in [6.07, 6.45) is 5.04. The van der Waals surface area contributed by atoms with E-state index in [2.05, 4.69) is 5.32 Å². The van der Waals surface area contributed by atoms with Crippen LogP contribution in [0, 0.1) is 0 Å². The molecule has 112 valence electrons. The van der Waals surface area contributed by atoms with Crippen LogP contribution >= 0.6 is 0 Å². The normalized spacial score (nSPS) is 18.0. The first kappa shape index (κ1) is 15.3. The molecule has 2 N–H and O–H groups in total. The van der Waals surface area contributed by atoms with Crippen LogP contribution in [-0.4, -0.2) is 29.7 Å². The maximum absolute atomic E-state index is 11.8. The third kappa shape index (κ3) is 5.39. The maximum Gasteiger partial charge on any atom is 0.328 e. The number of amides is 1. The van der Waals surface area contributed by atoms with Gasteiger partial charge in [0.2, 0.25) is 5.91 Å². The molecule has 1 aromatic carbocycles. The van der Waals surface area contributed by atoms with Gasteiger partial charge in [-0.3, -0.25) is 4.79 Å². The van der Waals surface area contributed by atoms with E-state index < -0.39 is 5.97 Å². The Bertz CT molecular complexity index is 533. The Labute approximate surface area is 123 Å². The molecular weight excluding hydrogens is 270 g/mol. The van der Waals surface area contributed by atoms with Crippen LogP contribution in [0.3, 0.4) is 0 Å². The van der Waals surface area contributed by atoms with Crippen molar-refractivity contribution < 1.29 is 19.4 Å². The molecule has 1 atom stereocenters. The lowest BCUT2D eigenvalue weighted by atomic mass is 10.1. The summed E-state index contributed by atoms with van der Waals surface area (Å²) in [5.41, 5.74) is 1.73. The number of nitrogens with one attached hydrogen (secondary N) is 1. The molecule has 0 aromatic heterocycles. The molecule has 2 rings (SSSR count). The number of carbonyl (C=O) groups is 2. The molecule has 5 heteroatoms. The quantitative estimate of drug-likeness (QED) is 0.785. The highest BCUT2D eigenvalue weighted by molar-refractivity contribution is 5.85. The van der Waals surface area contributed by atoms with Crippen molar-refractivity contribution in [3.63, 3.8) is 0 Å². The number of carboxylic acids is 1. The molecular formula is C16H19NO4. The number of carbonyl (C=O) groups excluding carboxylic acids is 1. The second kappa shape index (κ2) is 7.59. The molecule has 21 heavy (non-hydrogen) atoms. The van der Waals surface area contributed by atoms with Crippen LogP contribution in [0.1, 0.15) is 30.4 Å². The maximum atomic E-state index is 11.8. The first-order valence-electron chi connectivity index (χ1n) is 7.02. The number of aliphatic carboxylic acids is 1. The van der Waals surface area contributed by atoms with Crippen LogP contribution in [0.2, 0.25) is 0 Å². The molecule has 0 aliphatic carbocycles. The summed E-state index contributed by atoms with van der Waals surface area (Å²) in [5, 5.41) is 11.5. The second-order valence-corrected chi connectivity index (χ2v) is 5.03. The van der Waals surface area contributed by atoms with Crippen molar-refractivity contribution in [3.05, 3.63) is 41.5 Å². The third-order valence-corrected chi connectivity index (χ3v) is 3.30. The lowest BCUT2D eigenvalue weighted by Crippen LogP contribution is -2.26. The second-order valence-electron chi connectivity index (χ2n) is 5.03. The summed E-state index contributed by atoms with van der Waals surface area (Å²) in [5.74, 6) is -1.00. The molecule has 1 fully saturated rings. The van der Waals surface area contributed by atoms with E-state index in [1.54, 1.807) is 0 Å². The fourth-order valence-corrected chi connectivity index (χ4v) is 2.26. The van der Waals surface area contributed by atoms with Gasteiger partial charge in [-0.2, -0.15) is 0 Å². The largest absolute Gasteiger partial charge is 0.478 e. The molecule has 1 aliphatic rings. The predicted octanol–water partition coefficient (Wildman–Crippen LogP) is 1.97. The highest BCUT2D eigenvalue weighted by Crippen LogP contribution is 2.15. The highest BCUT2D eigenvalue weighted by Gasteiger charge is 2.18. The minimum absolute atomic E-state index is 0.0200. The molecule has 1 aromatic rings. The first-order valence-corrected chi connectivity index (χ1v) is 7.02. The van der Waals surface area contributed by atoms with Crippen molar-refractivity contribution >= 4 is 18.0 Å². The summed E-state index contributed by atoms with van der Waals surface area (Å²) < 4.78 is 5.42. The van der Waals surface area contributed by atoms with Gasteiger partial charge in [-0.25, -0.2) is 4.79 Å². The fourth-order valence-electron chi connectivity index (χ4n) is 2.26. The van der Waals surface area contributed by atoms with E-state index in [1.807, 2.05) is 24.3 Å². The highest BCUT2D eigenvalue weighted by atomic mass is 16.5. The van der Waals surface area contributed by atoms with Gasteiger partial charge in [0.1, 0.15) is 0 Å². The van der Waals surface area contributed by atoms with Gasteiger partial charge >= 0.3 is 5.97 Å². The van der Waals surface area contributed by atoms with Gasteiger partial charge in [-0.05, 0) is 36.1 Å². The molecule has 1 aliphatic heterocycles. The standard InChI is InChI=1S/C16H19NO4/c18-15(10-14-5-2-8-21-14)17-11-13-4-1-3-12(9-13)6-7-16(19)20/h1,3-4,6-7,9,14H,2,5,8,10-11H2,(H,17,18)(H,19,20). The van der Waals surface area contributed by atoms with E-state index in [-0.39, 0.29) is 12.0 Å². The van der Waals surface area contributed by atoms with Gasteiger partial charge in [-0.15, -0.1) is 0 Å². The van der Waals surface area contributed by atoms with E-state index >= 15 is 0 Å². The Balaban J connectivity index is 1.83. The van der Waals surface area contributed by atoms with Crippen LogP contribution in [0.25, 0.3) is 6.08 Å². The van der Waals surface area contributed by atoms with Gasteiger partial charge < -0.3 is 15.2 Å². The fraction of sp³-hybridized carbons (Fsp3) is 0.375. The Hall–Kier alpha value is -2.14. The Morgan fingerprint density at radius 1 is 1.43 bits per heavy atom. The zero-order chi connectivity index (χ0) is 15.1. The number of benzene rings is 1. The summed E-state index contributed by atoms with van der Waals surface area (Å²) in [6.45, 7) is 1.18. The van der Waals surface area contributed by atoms with Crippen molar-refractivity contribution in [2.75, 3.05) is 6.61 Å². The van der Waals surface area contributed by atoms with E-state index in [0.717, 1.165) is 36.7 Å². The molecule has 0 bridgehead atoms. The smallest absolute Gasteiger partial charge is 0.328 e. The molecule has 5 nitrogen and oxygen atoms in total. The summed E-state index contributed by atoms with van der Waals surface area (Å²) in [6, 6.07) is 7.40. The van der Waals surface area contributed by atoms with Crippen LogP contribution < -0.4 is 5.32 Å². The lowest BCUT2D eigenvalue weighted by Gasteiger charge is -2.10. The topological polar surface area (TPSA) is 75.6 Å². The van der Waals surface area contributed by atoms with Crippen molar-refractivity contribution in [3.8, 4) is 0 Å². The van der Waals surface area contributed by atoms with Gasteiger partial charge in [-0.1, -0.05) is 18.2 Å². The minimum atomic E-state index is -0.981. The summed E-state index contributed by atoms with van der Waals surface area (Å²) >= 11 is 0. The predicted molar refractivity (Wildman–Crippen MR) is 78.5 cm³/mol. The molecule has 1 amide bonds. The molecule has 1 heterocycles. The van der Waals surface area contributed by atoms with E-state index in [4.69, 9.17) is 9.84 Å². The Kier molecular flexibility index (Phi) is 5.51. The average Bonchev–Trinajstić information content (AvgIpc) is 2.96. The SMILES string of the molecule is O=C(O)C=Cc1cccc(CNC(=O)CC2CCCO2)c1. The molecule has 1 saturated heterocycles. The zero-order valence-electron chi connectivity index (χ0n) is 11.7. The van der Waals surface area contributed by atoms with Gasteiger partial charge in [0.15, 0.2) is 0 Å². The molecule has 0 spiro atoms. The van der Waals surface area contributed by atoms with Crippen molar-refractivity contribution in [1.29, 1.82) is 0 Å². The lowest BCUT2D eigenvalue weighted by molar-refractivity contribution is -0.131.